The van der Waals surface area contributed by atoms with Crippen molar-refractivity contribution in [2.45, 2.75) is 0 Å². The lowest BCUT2D eigenvalue weighted by atomic mass is 10.2. The number of hydrogen-bond donors (Lipinski definition) is 2. The third kappa shape index (κ3) is 4.55. The van der Waals surface area contributed by atoms with Crippen molar-refractivity contribution in [1.29, 1.82) is 0 Å². The van der Waals surface area contributed by atoms with Gasteiger partial charge in [-0.1, -0.05) is 6.07 Å². The zero-order chi connectivity index (χ0) is 19.3. The fraction of sp³-hybridized carbons (Fsp3) is 0.238. The molecule has 144 valence electrons. The highest BCUT2D eigenvalue weighted by molar-refractivity contribution is 5.61. The number of rotatable bonds is 5. The number of piperazine rings is 1. The molecular weight excluding hydrogens is 355 g/mol. The van der Waals surface area contributed by atoms with Crippen molar-refractivity contribution in [2.75, 3.05) is 48.8 Å². The van der Waals surface area contributed by atoms with Crippen LogP contribution < -0.4 is 15.5 Å². The van der Waals surface area contributed by atoms with E-state index in [0.717, 1.165) is 31.9 Å². The van der Waals surface area contributed by atoms with E-state index in [0.29, 0.717) is 17.5 Å². The first kappa shape index (κ1) is 18.2. The second-order valence-electron chi connectivity index (χ2n) is 6.86. The molecule has 4 rings (SSSR count). The lowest BCUT2D eigenvalue weighted by Crippen LogP contribution is -2.44. The molecule has 0 atom stereocenters. The Hall–Kier alpha value is -3.19. The highest BCUT2D eigenvalue weighted by Gasteiger charge is 2.14. The number of anilines is 5. The first-order valence-corrected chi connectivity index (χ1v) is 9.32. The maximum Gasteiger partial charge on any atom is 0.229 e. The van der Waals surface area contributed by atoms with Gasteiger partial charge < -0.3 is 20.4 Å². The average Bonchev–Trinajstić information content (AvgIpc) is 2.70. The quantitative estimate of drug-likeness (QED) is 0.703. The van der Waals surface area contributed by atoms with Gasteiger partial charge in [0.2, 0.25) is 5.95 Å². The number of likely N-dealkylation sites (N-methyl/N-ethyl adjacent to an activating group) is 1. The van der Waals surface area contributed by atoms with Crippen molar-refractivity contribution < 1.29 is 4.39 Å². The van der Waals surface area contributed by atoms with Gasteiger partial charge in [0, 0.05) is 49.4 Å². The molecule has 0 radical (unpaired) electrons. The number of nitrogens with one attached hydrogen (secondary N) is 2. The predicted octanol–water partition coefficient (Wildman–Crippen LogP) is 3.85. The van der Waals surface area contributed by atoms with Crippen LogP contribution in [0.25, 0.3) is 0 Å². The Labute approximate surface area is 164 Å². The Balaban J connectivity index is 1.41. The van der Waals surface area contributed by atoms with E-state index in [4.69, 9.17) is 0 Å². The summed E-state index contributed by atoms with van der Waals surface area (Å²) in [4.78, 5) is 13.4. The van der Waals surface area contributed by atoms with Gasteiger partial charge in [0.15, 0.2) is 0 Å². The van der Waals surface area contributed by atoms with Crippen molar-refractivity contribution in [3.05, 3.63) is 66.6 Å². The van der Waals surface area contributed by atoms with Crippen LogP contribution in [0.5, 0.6) is 0 Å². The molecule has 0 spiro atoms. The van der Waals surface area contributed by atoms with E-state index in [9.17, 15) is 4.39 Å². The van der Waals surface area contributed by atoms with E-state index >= 15 is 0 Å². The van der Waals surface area contributed by atoms with Gasteiger partial charge in [-0.3, -0.25) is 0 Å². The molecule has 3 aromatic rings. The summed E-state index contributed by atoms with van der Waals surface area (Å²) in [5.41, 5.74) is 2.78. The molecule has 0 amide bonds. The summed E-state index contributed by atoms with van der Waals surface area (Å²) in [6.07, 6.45) is 1.66. The molecule has 1 aliphatic rings. The monoisotopic (exact) mass is 378 g/mol. The summed E-state index contributed by atoms with van der Waals surface area (Å²) in [5, 5.41) is 6.30. The van der Waals surface area contributed by atoms with Crippen molar-refractivity contribution in [2.24, 2.45) is 0 Å². The maximum atomic E-state index is 13.3. The molecule has 0 saturated carbocycles. The third-order valence-corrected chi connectivity index (χ3v) is 4.74. The fourth-order valence-corrected chi connectivity index (χ4v) is 3.15. The zero-order valence-corrected chi connectivity index (χ0v) is 15.8. The topological polar surface area (TPSA) is 56.3 Å². The highest BCUT2D eigenvalue weighted by atomic mass is 19.1. The van der Waals surface area contributed by atoms with Gasteiger partial charge in [-0.05, 0) is 55.6 Å². The van der Waals surface area contributed by atoms with E-state index < -0.39 is 0 Å². The van der Waals surface area contributed by atoms with Gasteiger partial charge in [-0.25, -0.2) is 9.37 Å². The van der Waals surface area contributed by atoms with Gasteiger partial charge in [0.25, 0.3) is 0 Å². The number of aromatic nitrogens is 2. The zero-order valence-electron chi connectivity index (χ0n) is 15.8. The molecule has 1 aliphatic heterocycles. The van der Waals surface area contributed by atoms with Gasteiger partial charge >= 0.3 is 0 Å². The SMILES string of the molecule is CN1CCN(c2ccc(Nc3nccc(Nc4cccc(F)c4)n3)cc2)CC1. The van der Waals surface area contributed by atoms with Crippen LogP contribution in [0.1, 0.15) is 0 Å². The third-order valence-electron chi connectivity index (χ3n) is 4.74. The Kier molecular flexibility index (Phi) is 5.34. The lowest BCUT2D eigenvalue weighted by molar-refractivity contribution is 0.313. The van der Waals surface area contributed by atoms with Crippen LogP contribution in [0, 0.1) is 5.82 Å². The van der Waals surface area contributed by atoms with Crippen molar-refractivity contribution in [3.63, 3.8) is 0 Å². The Morgan fingerprint density at radius 2 is 1.68 bits per heavy atom. The maximum absolute atomic E-state index is 13.3. The number of hydrogen-bond acceptors (Lipinski definition) is 6. The normalized spacial score (nSPS) is 14.7. The Morgan fingerprint density at radius 1 is 0.893 bits per heavy atom. The van der Waals surface area contributed by atoms with Gasteiger partial charge in [0.1, 0.15) is 11.6 Å². The minimum atomic E-state index is -0.294. The summed E-state index contributed by atoms with van der Waals surface area (Å²) in [5.74, 6) is 0.781. The van der Waals surface area contributed by atoms with Crippen LogP contribution in [0.15, 0.2) is 60.8 Å². The molecule has 7 heteroatoms. The first-order valence-electron chi connectivity index (χ1n) is 9.32. The van der Waals surface area contributed by atoms with Gasteiger partial charge in [0.05, 0.1) is 0 Å². The van der Waals surface area contributed by atoms with E-state index in [-0.39, 0.29) is 5.82 Å². The van der Waals surface area contributed by atoms with Crippen LogP contribution in [-0.2, 0) is 0 Å². The fourth-order valence-electron chi connectivity index (χ4n) is 3.15. The van der Waals surface area contributed by atoms with E-state index in [2.05, 4.69) is 49.6 Å². The van der Waals surface area contributed by atoms with Gasteiger partial charge in [-0.2, -0.15) is 4.98 Å². The molecule has 0 bridgehead atoms. The summed E-state index contributed by atoms with van der Waals surface area (Å²) < 4.78 is 13.3. The van der Waals surface area contributed by atoms with Gasteiger partial charge in [-0.15, -0.1) is 0 Å². The molecule has 2 aromatic carbocycles. The summed E-state index contributed by atoms with van der Waals surface area (Å²) in [6, 6.07) is 16.3. The predicted molar refractivity (Wildman–Crippen MR) is 111 cm³/mol. The average molecular weight is 378 g/mol. The standard InChI is InChI=1S/C21H23FN6/c1-27-11-13-28(14-12-27)19-7-5-17(6-8-19)25-21-23-10-9-20(26-21)24-18-4-2-3-16(22)15-18/h2-10,15H,11-14H2,1H3,(H2,23,24,25,26). The molecule has 1 aromatic heterocycles. The van der Waals surface area contributed by atoms with Crippen molar-refractivity contribution >= 4 is 28.8 Å². The molecule has 2 N–H and O–H groups in total. The summed E-state index contributed by atoms with van der Waals surface area (Å²) in [6.45, 7) is 4.25. The molecule has 1 fully saturated rings. The molecule has 0 aliphatic carbocycles. The second-order valence-corrected chi connectivity index (χ2v) is 6.86. The summed E-state index contributed by atoms with van der Waals surface area (Å²) >= 11 is 0. The number of halogens is 1. The minimum Gasteiger partial charge on any atom is -0.369 e. The van der Waals surface area contributed by atoms with Crippen LogP contribution in [0.4, 0.5) is 33.2 Å². The summed E-state index contributed by atoms with van der Waals surface area (Å²) in [7, 11) is 2.15. The first-order chi connectivity index (χ1) is 13.7. The largest absolute Gasteiger partial charge is 0.369 e. The van der Waals surface area contributed by atoms with Crippen LogP contribution in [-0.4, -0.2) is 48.1 Å². The second kappa shape index (κ2) is 8.22. The number of benzene rings is 2. The van der Waals surface area contributed by atoms with Crippen molar-refractivity contribution in [1.82, 2.24) is 14.9 Å². The Morgan fingerprint density at radius 3 is 2.43 bits per heavy atom. The molecule has 28 heavy (non-hydrogen) atoms. The van der Waals surface area contributed by atoms with E-state index in [1.165, 1.54) is 17.8 Å². The molecule has 6 nitrogen and oxygen atoms in total. The van der Waals surface area contributed by atoms with Crippen LogP contribution in [0.3, 0.4) is 0 Å². The molecule has 1 saturated heterocycles. The van der Waals surface area contributed by atoms with E-state index in [1.807, 2.05) is 12.1 Å². The molecular formula is C21H23FN6. The van der Waals surface area contributed by atoms with Crippen LogP contribution >= 0.6 is 0 Å². The highest BCUT2D eigenvalue weighted by Crippen LogP contribution is 2.22. The Bertz CT molecular complexity index is 922. The number of nitrogens with zero attached hydrogens (tertiary/aromatic N) is 4. The minimum absolute atomic E-state index is 0.294. The van der Waals surface area contributed by atoms with Crippen molar-refractivity contribution in [3.8, 4) is 0 Å². The smallest absolute Gasteiger partial charge is 0.229 e. The van der Waals surface area contributed by atoms with E-state index in [1.54, 1.807) is 24.4 Å². The van der Waals surface area contributed by atoms with Crippen LogP contribution in [0.2, 0.25) is 0 Å². The lowest BCUT2D eigenvalue weighted by Gasteiger charge is -2.34. The molecule has 0 unspecified atom stereocenters. The molecule has 2 heterocycles.